The molecule has 4 rings (SSSR count). The third-order valence-corrected chi connectivity index (χ3v) is 7.62. The summed E-state index contributed by atoms with van der Waals surface area (Å²) >= 11 is 1.33. The van der Waals surface area contributed by atoms with Crippen LogP contribution in [0.15, 0.2) is 45.9 Å². The fraction of sp³-hybridized carbons (Fsp3) is 0.538. The van der Waals surface area contributed by atoms with Crippen LogP contribution in [0.5, 0.6) is 0 Å². The molecule has 7 nitrogen and oxygen atoms in total. The topological polar surface area (TPSA) is 81.5 Å². The molecule has 1 saturated heterocycles. The van der Waals surface area contributed by atoms with Crippen molar-refractivity contribution in [2.75, 3.05) is 25.4 Å². The van der Waals surface area contributed by atoms with Gasteiger partial charge in [0.2, 0.25) is 5.91 Å². The van der Waals surface area contributed by atoms with E-state index in [1.165, 1.54) is 30.2 Å². The molecular formula is C26H33N3O4S. The van der Waals surface area contributed by atoms with E-state index in [2.05, 4.69) is 6.08 Å². The molecule has 182 valence electrons. The molecule has 0 saturated carbocycles. The highest BCUT2D eigenvalue weighted by atomic mass is 32.2. The first-order valence-electron chi connectivity index (χ1n) is 12.3. The van der Waals surface area contributed by atoms with Crippen molar-refractivity contribution in [1.29, 1.82) is 0 Å². The SMILES string of the molecule is CCOC(=O)C1CCN(C(=O)CSc2nc3ccccc3c(=O)n2CCC2=CCCCC2)CC1. The molecule has 8 heteroatoms. The van der Waals surface area contributed by atoms with Gasteiger partial charge in [-0.1, -0.05) is 35.5 Å². The average Bonchev–Trinajstić information content (AvgIpc) is 2.87. The van der Waals surface area contributed by atoms with Crippen LogP contribution in [0, 0.1) is 5.92 Å². The van der Waals surface area contributed by atoms with Gasteiger partial charge < -0.3 is 9.64 Å². The molecule has 0 unspecified atom stereocenters. The number of carbonyl (C=O) groups is 2. The van der Waals surface area contributed by atoms with Crippen molar-refractivity contribution in [3.8, 4) is 0 Å². The van der Waals surface area contributed by atoms with E-state index in [0.717, 1.165) is 19.3 Å². The van der Waals surface area contributed by atoms with E-state index >= 15 is 0 Å². The van der Waals surface area contributed by atoms with Crippen molar-refractivity contribution in [3.63, 3.8) is 0 Å². The van der Waals surface area contributed by atoms with Gasteiger partial charge >= 0.3 is 5.97 Å². The molecule has 0 N–H and O–H groups in total. The number of hydrogen-bond donors (Lipinski definition) is 0. The first-order chi connectivity index (χ1) is 16.6. The Morgan fingerprint density at radius 2 is 1.97 bits per heavy atom. The number of ether oxygens (including phenoxy) is 1. The largest absolute Gasteiger partial charge is 0.466 e. The fourth-order valence-corrected chi connectivity index (χ4v) is 5.61. The summed E-state index contributed by atoms with van der Waals surface area (Å²) in [5.41, 5.74) is 2.01. The van der Waals surface area contributed by atoms with E-state index in [4.69, 9.17) is 9.72 Å². The number of likely N-dealkylation sites (tertiary alicyclic amines) is 1. The molecular weight excluding hydrogens is 450 g/mol. The summed E-state index contributed by atoms with van der Waals surface area (Å²) in [5.74, 6) is -0.0619. The summed E-state index contributed by atoms with van der Waals surface area (Å²) in [6, 6.07) is 7.39. The van der Waals surface area contributed by atoms with E-state index in [9.17, 15) is 14.4 Å². The second kappa shape index (κ2) is 11.7. The minimum Gasteiger partial charge on any atom is -0.466 e. The number of hydrogen-bond acceptors (Lipinski definition) is 6. The van der Waals surface area contributed by atoms with Gasteiger partial charge in [0, 0.05) is 19.6 Å². The third kappa shape index (κ3) is 5.90. The zero-order valence-corrected chi connectivity index (χ0v) is 20.6. The predicted octanol–water partition coefficient (Wildman–Crippen LogP) is 4.18. The van der Waals surface area contributed by atoms with E-state index in [1.54, 1.807) is 16.4 Å². The number of carbonyl (C=O) groups excluding carboxylic acids is 2. The first kappa shape index (κ1) is 24.5. The number of aromatic nitrogens is 2. The molecule has 1 aliphatic heterocycles. The van der Waals surface area contributed by atoms with Gasteiger partial charge in [-0.3, -0.25) is 19.0 Å². The number of thioether (sulfide) groups is 1. The molecule has 34 heavy (non-hydrogen) atoms. The fourth-order valence-electron chi connectivity index (χ4n) is 4.68. The Balaban J connectivity index is 1.44. The van der Waals surface area contributed by atoms with Gasteiger partial charge in [0.15, 0.2) is 5.16 Å². The minimum absolute atomic E-state index is 0.0104. The van der Waals surface area contributed by atoms with Crippen LogP contribution in [-0.2, 0) is 20.9 Å². The van der Waals surface area contributed by atoms with Crippen LogP contribution in [-0.4, -0.2) is 51.8 Å². The highest BCUT2D eigenvalue weighted by molar-refractivity contribution is 7.99. The lowest BCUT2D eigenvalue weighted by molar-refractivity contribution is -0.151. The lowest BCUT2D eigenvalue weighted by Crippen LogP contribution is -2.41. The predicted molar refractivity (Wildman–Crippen MR) is 134 cm³/mol. The van der Waals surface area contributed by atoms with Crippen molar-refractivity contribution < 1.29 is 14.3 Å². The number of piperidine rings is 1. The number of rotatable bonds is 8. The van der Waals surface area contributed by atoms with Gasteiger partial charge in [-0.05, 0) is 64.0 Å². The van der Waals surface area contributed by atoms with Crippen molar-refractivity contribution in [1.82, 2.24) is 14.5 Å². The molecule has 1 aromatic heterocycles. The monoisotopic (exact) mass is 483 g/mol. The lowest BCUT2D eigenvalue weighted by Gasteiger charge is -2.30. The number of fused-ring (bicyclic) bond motifs is 1. The van der Waals surface area contributed by atoms with Crippen molar-refractivity contribution >= 4 is 34.5 Å². The summed E-state index contributed by atoms with van der Waals surface area (Å²) in [6.07, 6.45) is 9.05. The van der Waals surface area contributed by atoms with Gasteiger partial charge in [0.1, 0.15) is 0 Å². The summed E-state index contributed by atoms with van der Waals surface area (Å²) in [5, 5.41) is 1.20. The molecule has 1 fully saturated rings. The Bertz CT molecular complexity index is 1120. The summed E-state index contributed by atoms with van der Waals surface area (Å²) in [4.78, 5) is 44.7. The van der Waals surface area contributed by atoms with E-state index in [1.807, 2.05) is 24.3 Å². The number of esters is 1. The quantitative estimate of drug-likeness (QED) is 0.242. The van der Waals surface area contributed by atoms with Gasteiger partial charge in [-0.15, -0.1) is 0 Å². The Kier molecular flexibility index (Phi) is 8.43. The number of benzene rings is 1. The maximum Gasteiger partial charge on any atom is 0.309 e. The number of allylic oxidation sites excluding steroid dienone is 2. The molecule has 1 amide bonds. The summed E-state index contributed by atoms with van der Waals surface area (Å²) < 4.78 is 6.86. The molecule has 0 radical (unpaired) electrons. The van der Waals surface area contributed by atoms with Crippen LogP contribution in [0.3, 0.4) is 0 Å². The lowest BCUT2D eigenvalue weighted by atomic mass is 9.97. The van der Waals surface area contributed by atoms with Crippen LogP contribution in [0.1, 0.15) is 51.9 Å². The number of para-hydroxylation sites is 1. The van der Waals surface area contributed by atoms with Gasteiger partial charge in [0.05, 0.1) is 29.2 Å². The zero-order chi connectivity index (χ0) is 23.9. The Morgan fingerprint density at radius 3 is 2.71 bits per heavy atom. The molecule has 0 spiro atoms. The number of nitrogens with zero attached hydrogens (tertiary/aromatic N) is 3. The summed E-state index contributed by atoms with van der Waals surface area (Å²) in [6.45, 7) is 3.86. The van der Waals surface area contributed by atoms with E-state index < -0.39 is 0 Å². The Hall–Kier alpha value is -2.61. The Labute approximate surface area is 204 Å². The average molecular weight is 484 g/mol. The second-order valence-corrected chi connectivity index (χ2v) is 9.86. The van der Waals surface area contributed by atoms with Crippen molar-refractivity contribution in [2.24, 2.45) is 5.92 Å². The van der Waals surface area contributed by atoms with Crippen LogP contribution in [0.25, 0.3) is 10.9 Å². The molecule has 2 aromatic rings. The highest BCUT2D eigenvalue weighted by Gasteiger charge is 2.28. The van der Waals surface area contributed by atoms with E-state index in [0.29, 0.717) is 55.1 Å². The minimum atomic E-state index is -0.165. The summed E-state index contributed by atoms with van der Waals surface area (Å²) in [7, 11) is 0. The molecule has 2 aliphatic rings. The maximum atomic E-state index is 13.3. The standard InChI is InChI=1S/C26H33N3O4S/c1-2-33-25(32)20-13-15-28(16-14-20)23(30)18-34-26-27-22-11-7-6-10-21(22)24(31)29(26)17-12-19-8-4-3-5-9-19/h6-8,10-11,20H,2-5,9,12-18H2,1H3. The van der Waals surface area contributed by atoms with Crippen molar-refractivity contribution in [3.05, 3.63) is 46.3 Å². The van der Waals surface area contributed by atoms with Gasteiger partial charge in [-0.25, -0.2) is 4.98 Å². The van der Waals surface area contributed by atoms with Crippen LogP contribution >= 0.6 is 11.8 Å². The molecule has 0 bridgehead atoms. The van der Waals surface area contributed by atoms with E-state index in [-0.39, 0.29) is 29.1 Å². The highest BCUT2D eigenvalue weighted by Crippen LogP contribution is 2.24. The van der Waals surface area contributed by atoms with Crippen LogP contribution in [0.4, 0.5) is 0 Å². The smallest absolute Gasteiger partial charge is 0.309 e. The maximum absolute atomic E-state index is 13.3. The molecule has 2 heterocycles. The van der Waals surface area contributed by atoms with Gasteiger partial charge in [0.25, 0.3) is 5.56 Å². The second-order valence-electron chi connectivity index (χ2n) is 8.92. The number of amides is 1. The molecule has 1 aromatic carbocycles. The normalized spacial score (nSPS) is 17.0. The van der Waals surface area contributed by atoms with Gasteiger partial charge in [-0.2, -0.15) is 0 Å². The van der Waals surface area contributed by atoms with Crippen molar-refractivity contribution in [2.45, 2.75) is 63.6 Å². The van der Waals surface area contributed by atoms with Crippen LogP contribution < -0.4 is 5.56 Å². The Morgan fingerprint density at radius 1 is 1.18 bits per heavy atom. The molecule has 1 aliphatic carbocycles. The molecule has 0 atom stereocenters. The third-order valence-electron chi connectivity index (χ3n) is 6.66. The zero-order valence-electron chi connectivity index (χ0n) is 19.8. The first-order valence-corrected chi connectivity index (χ1v) is 13.3. The van der Waals surface area contributed by atoms with Crippen LogP contribution in [0.2, 0.25) is 0 Å².